The quantitative estimate of drug-likeness (QED) is 0.716. The van der Waals surface area contributed by atoms with E-state index in [9.17, 15) is 4.79 Å². The van der Waals surface area contributed by atoms with Gasteiger partial charge < -0.3 is 5.11 Å². The summed E-state index contributed by atoms with van der Waals surface area (Å²) in [6, 6.07) is 7.12. The Kier molecular flexibility index (Phi) is 5.88. The zero-order chi connectivity index (χ0) is 13.4. The Labute approximate surface area is 108 Å². The summed E-state index contributed by atoms with van der Waals surface area (Å²) in [6.07, 6.45) is 4.39. The first kappa shape index (κ1) is 14.2. The molecule has 0 radical (unpaired) electrons. The number of hydrogen-bond donors (Lipinski definition) is 1. The monoisotopic (exact) mass is 245 g/mol. The van der Waals surface area contributed by atoms with Crippen molar-refractivity contribution in [2.24, 2.45) is 0 Å². The molecule has 96 valence electrons. The zero-order valence-corrected chi connectivity index (χ0v) is 10.5. The first-order valence-electron chi connectivity index (χ1n) is 5.94. The van der Waals surface area contributed by atoms with Crippen LogP contribution in [0.5, 0.6) is 0 Å². The summed E-state index contributed by atoms with van der Waals surface area (Å²) >= 11 is 0. The van der Waals surface area contributed by atoms with E-state index in [2.05, 4.69) is 18.1 Å². The molecule has 1 rings (SSSR count). The van der Waals surface area contributed by atoms with Crippen molar-refractivity contribution in [1.29, 1.82) is 0 Å². The van der Waals surface area contributed by atoms with Crippen molar-refractivity contribution in [2.45, 2.75) is 6.42 Å². The van der Waals surface area contributed by atoms with Gasteiger partial charge in [0.1, 0.15) is 0 Å². The number of aromatic carboxylic acids is 1. The molecule has 3 heteroatoms. The molecule has 0 bridgehead atoms. The molecule has 1 N–H and O–H groups in total. The van der Waals surface area contributed by atoms with Crippen molar-refractivity contribution >= 4 is 5.97 Å². The van der Waals surface area contributed by atoms with Crippen molar-refractivity contribution in [3.63, 3.8) is 0 Å². The molecule has 1 aromatic rings. The Morgan fingerprint density at radius 2 is 1.83 bits per heavy atom. The van der Waals surface area contributed by atoms with Crippen LogP contribution in [0.15, 0.2) is 49.6 Å². The van der Waals surface area contributed by atoms with Gasteiger partial charge in [-0.25, -0.2) is 4.79 Å². The summed E-state index contributed by atoms with van der Waals surface area (Å²) in [5.41, 5.74) is 1.25. The van der Waals surface area contributed by atoms with Crippen LogP contribution >= 0.6 is 0 Å². The molecule has 3 nitrogen and oxygen atoms in total. The first-order chi connectivity index (χ1) is 8.69. The molecule has 0 unspecified atom stereocenters. The summed E-state index contributed by atoms with van der Waals surface area (Å²) in [4.78, 5) is 13.2. The molecular formula is C15H19NO2. The number of rotatable bonds is 8. The van der Waals surface area contributed by atoms with Gasteiger partial charge in [-0.2, -0.15) is 0 Å². The molecule has 0 aliphatic rings. The SMILES string of the molecule is C=CCN(CC=C)CCc1ccccc1C(=O)O. The maximum absolute atomic E-state index is 11.1. The maximum atomic E-state index is 11.1. The second-order valence-corrected chi connectivity index (χ2v) is 4.05. The molecule has 0 spiro atoms. The Balaban J connectivity index is 2.69. The second-order valence-electron chi connectivity index (χ2n) is 4.05. The topological polar surface area (TPSA) is 40.5 Å². The summed E-state index contributed by atoms with van der Waals surface area (Å²) in [6.45, 7) is 9.78. The molecule has 0 saturated heterocycles. The minimum atomic E-state index is -0.871. The number of carbonyl (C=O) groups is 1. The van der Waals surface area contributed by atoms with Gasteiger partial charge in [0.2, 0.25) is 0 Å². The molecule has 0 fully saturated rings. The highest BCUT2D eigenvalue weighted by Gasteiger charge is 2.09. The number of carboxylic acids is 1. The van der Waals surface area contributed by atoms with Gasteiger partial charge in [-0.05, 0) is 18.1 Å². The highest BCUT2D eigenvalue weighted by molar-refractivity contribution is 5.89. The van der Waals surface area contributed by atoms with Gasteiger partial charge in [-0.15, -0.1) is 13.2 Å². The average molecular weight is 245 g/mol. The van der Waals surface area contributed by atoms with E-state index in [0.29, 0.717) is 12.0 Å². The molecule has 0 aliphatic carbocycles. The van der Waals surface area contributed by atoms with Crippen LogP contribution in [-0.4, -0.2) is 35.6 Å². The predicted molar refractivity (Wildman–Crippen MR) is 73.9 cm³/mol. The smallest absolute Gasteiger partial charge is 0.335 e. The molecule has 0 amide bonds. The van der Waals surface area contributed by atoms with Crippen molar-refractivity contribution < 1.29 is 9.90 Å². The summed E-state index contributed by atoms with van der Waals surface area (Å²) in [5.74, 6) is -0.871. The summed E-state index contributed by atoms with van der Waals surface area (Å²) < 4.78 is 0. The van der Waals surface area contributed by atoms with Gasteiger partial charge in [0.25, 0.3) is 0 Å². The third kappa shape index (κ3) is 4.18. The van der Waals surface area contributed by atoms with Gasteiger partial charge in [-0.3, -0.25) is 4.90 Å². The fourth-order valence-corrected chi connectivity index (χ4v) is 1.85. The minimum absolute atomic E-state index is 0.384. The van der Waals surface area contributed by atoms with Crippen molar-refractivity contribution in [2.75, 3.05) is 19.6 Å². The molecule has 0 aliphatic heterocycles. The summed E-state index contributed by atoms with van der Waals surface area (Å²) in [5, 5.41) is 9.09. The van der Waals surface area contributed by atoms with Crippen molar-refractivity contribution in [3.8, 4) is 0 Å². The molecule has 0 aromatic heterocycles. The molecular weight excluding hydrogens is 226 g/mol. The van der Waals surface area contributed by atoms with Crippen LogP contribution in [-0.2, 0) is 6.42 Å². The zero-order valence-electron chi connectivity index (χ0n) is 10.5. The average Bonchev–Trinajstić information content (AvgIpc) is 2.36. The highest BCUT2D eigenvalue weighted by Crippen LogP contribution is 2.10. The largest absolute Gasteiger partial charge is 0.478 e. The molecule has 0 atom stereocenters. The fraction of sp³-hybridized carbons (Fsp3) is 0.267. The van der Waals surface area contributed by atoms with Crippen LogP contribution in [0.3, 0.4) is 0 Å². The van der Waals surface area contributed by atoms with Crippen LogP contribution in [0.2, 0.25) is 0 Å². The first-order valence-corrected chi connectivity index (χ1v) is 5.94. The standard InChI is InChI=1S/C15H19NO2/c1-3-10-16(11-4-2)12-9-13-7-5-6-8-14(13)15(17)18/h3-8H,1-2,9-12H2,(H,17,18). The maximum Gasteiger partial charge on any atom is 0.335 e. The number of nitrogens with zero attached hydrogens (tertiary/aromatic N) is 1. The second kappa shape index (κ2) is 7.45. The Morgan fingerprint density at radius 3 is 2.39 bits per heavy atom. The van der Waals surface area contributed by atoms with Gasteiger partial charge in [0.15, 0.2) is 0 Å². The fourth-order valence-electron chi connectivity index (χ4n) is 1.85. The van der Waals surface area contributed by atoms with E-state index in [1.807, 2.05) is 24.3 Å². The van der Waals surface area contributed by atoms with E-state index < -0.39 is 5.97 Å². The van der Waals surface area contributed by atoms with E-state index in [-0.39, 0.29) is 0 Å². The molecule has 0 saturated carbocycles. The van der Waals surface area contributed by atoms with E-state index in [1.54, 1.807) is 12.1 Å². The summed E-state index contributed by atoms with van der Waals surface area (Å²) in [7, 11) is 0. The van der Waals surface area contributed by atoms with Crippen LogP contribution in [0, 0.1) is 0 Å². The Morgan fingerprint density at radius 1 is 1.22 bits per heavy atom. The lowest BCUT2D eigenvalue weighted by Crippen LogP contribution is -2.26. The van der Waals surface area contributed by atoms with Crippen LogP contribution in [0.1, 0.15) is 15.9 Å². The number of carboxylic acid groups (broad SMARTS) is 1. The Bertz CT molecular complexity index is 416. The lowest BCUT2D eigenvalue weighted by atomic mass is 10.0. The Hall–Kier alpha value is -1.87. The van der Waals surface area contributed by atoms with Gasteiger partial charge in [-0.1, -0.05) is 30.4 Å². The van der Waals surface area contributed by atoms with Crippen LogP contribution in [0.25, 0.3) is 0 Å². The molecule has 18 heavy (non-hydrogen) atoms. The molecule has 1 aromatic carbocycles. The third-order valence-corrected chi connectivity index (χ3v) is 2.72. The van der Waals surface area contributed by atoms with Gasteiger partial charge in [0.05, 0.1) is 5.56 Å². The van der Waals surface area contributed by atoms with E-state index in [1.165, 1.54) is 0 Å². The van der Waals surface area contributed by atoms with Crippen LogP contribution in [0.4, 0.5) is 0 Å². The normalized spacial score (nSPS) is 10.3. The van der Waals surface area contributed by atoms with Crippen molar-refractivity contribution in [3.05, 3.63) is 60.7 Å². The predicted octanol–water partition coefficient (Wildman–Crippen LogP) is 2.60. The van der Waals surface area contributed by atoms with Crippen molar-refractivity contribution in [1.82, 2.24) is 4.90 Å². The highest BCUT2D eigenvalue weighted by atomic mass is 16.4. The van der Waals surface area contributed by atoms with E-state index in [4.69, 9.17) is 5.11 Å². The third-order valence-electron chi connectivity index (χ3n) is 2.72. The number of hydrogen-bond acceptors (Lipinski definition) is 2. The van der Waals surface area contributed by atoms with E-state index >= 15 is 0 Å². The lowest BCUT2D eigenvalue weighted by molar-refractivity contribution is 0.0695. The van der Waals surface area contributed by atoms with E-state index in [0.717, 1.165) is 25.2 Å². The van der Waals surface area contributed by atoms with Crippen LogP contribution < -0.4 is 0 Å². The molecule has 0 heterocycles. The van der Waals surface area contributed by atoms with Gasteiger partial charge in [0, 0.05) is 19.6 Å². The minimum Gasteiger partial charge on any atom is -0.478 e. The number of benzene rings is 1. The lowest BCUT2D eigenvalue weighted by Gasteiger charge is -2.19. The van der Waals surface area contributed by atoms with Gasteiger partial charge >= 0.3 is 5.97 Å².